The molecule has 0 saturated carbocycles. The fourth-order valence-electron chi connectivity index (χ4n) is 3.74. The predicted octanol–water partition coefficient (Wildman–Crippen LogP) is 4.07. The van der Waals surface area contributed by atoms with Gasteiger partial charge in [-0.15, -0.1) is 10.2 Å². The second-order valence-electron chi connectivity index (χ2n) is 7.04. The molecule has 1 saturated heterocycles. The summed E-state index contributed by atoms with van der Waals surface area (Å²) in [4.78, 5) is 14.4. The van der Waals surface area contributed by atoms with Crippen molar-refractivity contribution < 1.29 is 4.79 Å². The summed E-state index contributed by atoms with van der Waals surface area (Å²) in [6, 6.07) is 17.5. The monoisotopic (exact) mass is 423 g/mol. The van der Waals surface area contributed by atoms with Crippen molar-refractivity contribution in [3.63, 3.8) is 0 Å². The molecule has 2 aliphatic rings. The number of carbonyl (C=O) groups is 1. The molecule has 0 spiro atoms. The van der Waals surface area contributed by atoms with E-state index in [0.717, 1.165) is 39.9 Å². The van der Waals surface area contributed by atoms with Crippen LogP contribution in [0.25, 0.3) is 10.6 Å². The van der Waals surface area contributed by atoms with E-state index in [1.54, 1.807) is 0 Å². The highest BCUT2D eigenvalue weighted by atomic mass is 35.5. The number of benzene rings is 2. The molecule has 1 unspecified atom stereocenters. The van der Waals surface area contributed by atoms with Crippen molar-refractivity contribution in [1.29, 1.82) is 0 Å². The highest BCUT2D eigenvalue weighted by Crippen LogP contribution is 2.32. The Kier molecular flexibility index (Phi) is 4.77. The number of hydrogen-bond acceptors (Lipinski definition) is 6. The van der Waals surface area contributed by atoms with Gasteiger partial charge in [-0.2, -0.15) is 5.10 Å². The standard InChI is InChI=1S/C21H18ClN5OS/c22-16-10-8-14(9-11-16)19-17(26-12-4-7-18(26)28)13-27(25-19)21-24-23-20(29-21)15-5-2-1-3-6-15/h1-3,5-6,8-11,17H,4,7,12-13H2. The van der Waals surface area contributed by atoms with Crippen molar-refractivity contribution in [2.75, 3.05) is 18.1 Å². The van der Waals surface area contributed by atoms with Gasteiger partial charge in [0.1, 0.15) is 5.01 Å². The van der Waals surface area contributed by atoms with Gasteiger partial charge in [0.15, 0.2) is 0 Å². The van der Waals surface area contributed by atoms with Crippen LogP contribution >= 0.6 is 22.9 Å². The average molecular weight is 424 g/mol. The van der Waals surface area contributed by atoms with E-state index in [2.05, 4.69) is 10.2 Å². The van der Waals surface area contributed by atoms with E-state index in [-0.39, 0.29) is 11.9 Å². The van der Waals surface area contributed by atoms with Gasteiger partial charge < -0.3 is 4.90 Å². The third-order valence-electron chi connectivity index (χ3n) is 5.17. The SMILES string of the molecule is O=C1CCCN1C1CN(c2nnc(-c3ccccc3)s2)N=C1c1ccc(Cl)cc1. The molecule has 0 bridgehead atoms. The van der Waals surface area contributed by atoms with Crippen LogP contribution in [0.3, 0.4) is 0 Å². The van der Waals surface area contributed by atoms with Crippen LogP contribution in [-0.2, 0) is 4.79 Å². The molecule has 2 aromatic carbocycles. The van der Waals surface area contributed by atoms with Gasteiger partial charge in [0.05, 0.1) is 18.3 Å². The number of hydrogen-bond donors (Lipinski definition) is 0. The maximum absolute atomic E-state index is 12.4. The minimum absolute atomic E-state index is 0.102. The largest absolute Gasteiger partial charge is 0.332 e. The molecule has 3 heterocycles. The third-order valence-corrected chi connectivity index (χ3v) is 6.41. The highest BCUT2D eigenvalue weighted by molar-refractivity contribution is 7.18. The summed E-state index contributed by atoms with van der Waals surface area (Å²) in [5.41, 5.74) is 2.87. The lowest BCUT2D eigenvalue weighted by Gasteiger charge is -2.25. The Hall–Kier alpha value is -2.77. The van der Waals surface area contributed by atoms with Crippen molar-refractivity contribution in [3.8, 4) is 10.6 Å². The van der Waals surface area contributed by atoms with Gasteiger partial charge in [-0.05, 0) is 18.6 Å². The summed E-state index contributed by atoms with van der Waals surface area (Å²) in [7, 11) is 0. The molecule has 3 aromatic rings. The molecule has 1 atom stereocenters. The summed E-state index contributed by atoms with van der Waals surface area (Å²) in [6.45, 7) is 1.34. The summed E-state index contributed by atoms with van der Waals surface area (Å²) in [6.07, 6.45) is 1.49. The molecule has 6 nitrogen and oxygen atoms in total. The van der Waals surface area contributed by atoms with Gasteiger partial charge in [0.25, 0.3) is 0 Å². The van der Waals surface area contributed by atoms with Crippen molar-refractivity contribution >= 4 is 39.7 Å². The van der Waals surface area contributed by atoms with Crippen molar-refractivity contribution in [3.05, 3.63) is 65.2 Å². The number of nitrogens with zero attached hydrogens (tertiary/aromatic N) is 5. The van der Waals surface area contributed by atoms with E-state index in [4.69, 9.17) is 16.7 Å². The van der Waals surface area contributed by atoms with E-state index in [0.29, 0.717) is 18.0 Å². The molecule has 1 aromatic heterocycles. The molecule has 0 aliphatic carbocycles. The number of anilines is 1. The van der Waals surface area contributed by atoms with Crippen LogP contribution in [0, 0.1) is 0 Å². The first-order chi connectivity index (χ1) is 14.2. The average Bonchev–Trinajstić information content (AvgIpc) is 3.48. The zero-order valence-corrected chi connectivity index (χ0v) is 17.1. The normalized spacial score (nSPS) is 19.1. The van der Waals surface area contributed by atoms with Gasteiger partial charge in [-0.1, -0.05) is 65.4 Å². The fourth-order valence-corrected chi connectivity index (χ4v) is 4.68. The Bertz CT molecular complexity index is 1070. The molecule has 0 radical (unpaired) electrons. The van der Waals surface area contributed by atoms with E-state index in [9.17, 15) is 4.79 Å². The van der Waals surface area contributed by atoms with Crippen LogP contribution in [0.5, 0.6) is 0 Å². The summed E-state index contributed by atoms with van der Waals surface area (Å²) >= 11 is 7.56. The maximum Gasteiger partial charge on any atom is 0.229 e. The van der Waals surface area contributed by atoms with E-state index in [1.807, 2.05) is 64.5 Å². The first kappa shape index (κ1) is 18.3. The van der Waals surface area contributed by atoms with Crippen molar-refractivity contribution in [2.45, 2.75) is 18.9 Å². The lowest BCUT2D eigenvalue weighted by atomic mass is 10.0. The number of likely N-dealkylation sites (tertiary alicyclic amines) is 1. The highest BCUT2D eigenvalue weighted by Gasteiger charge is 2.38. The van der Waals surface area contributed by atoms with Gasteiger partial charge >= 0.3 is 0 Å². The topological polar surface area (TPSA) is 61.7 Å². The number of aromatic nitrogens is 2. The van der Waals surface area contributed by atoms with Gasteiger partial charge in [0, 0.05) is 29.1 Å². The molecule has 5 rings (SSSR count). The first-order valence-electron chi connectivity index (χ1n) is 9.49. The van der Waals surface area contributed by atoms with Crippen molar-refractivity contribution in [2.24, 2.45) is 5.10 Å². The minimum atomic E-state index is -0.102. The second kappa shape index (κ2) is 7.57. The van der Waals surface area contributed by atoms with Gasteiger partial charge in [0.2, 0.25) is 11.0 Å². The van der Waals surface area contributed by atoms with Crippen LogP contribution in [0.2, 0.25) is 5.02 Å². The number of carbonyl (C=O) groups excluding carboxylic acids is 1. The first-order valence-corrected chi connectivity index (χ1v) is 10.7. The molecule has 0 N–H and O–H groups in total. The number of amides is 1. The third kappa shape index (κ3) is 3.52. The number of halogens is 1. The van der Waals surface area contributed by atoms with Crippen LogP contribution in [0.15, 0.2) is 59.7 Å². The second-order valence-corrected chi connectivity index (χ2v) is 8.43. The molecule has 1 amide bonds. The number of hydrazone groups is 1. The molecular weight excluding hydrogens is 406 g/mol. The smallest absolute Gasteiger partial charge is 0.229 e. The van der Waals surface area contributed by atoms with Crippen molar-refractivity contribution in [1.82, 2.24) is 15.1 Å². The van der Waals surface area contributed by atoms with Crippen LogP contribution in [0.1, 0.15) is 18.4 Å². The molecule has 8 heteroatoms. The Labute approximate surface area is 177 Å². The molecule has 1 fully saturated rings. The lowest BCUT2D eigenvalue weighted by molar-refractivity contribution is -0.128. The molecule has 2 aliphatic heterocycles. The minimum Gasteiger partial charge on any atom is -0.332 e. The molecule has 29 heavy (non-hydrogen) atoms. The molecule has 146 valence electrons. The van der Waals surface area contributed by atoms with Gasteiger partial charge in [-0.25, -0.2) is 5.01 Å². The Balaban J connectivity index is 1.49. The van der Waals surface area contributed by atoms with Gasteiger partial charge in [-0.3, -0.25) is 4.79 Å². The zero-order valence-electron chi connectivity index (χ0n) is 15.5. The summed E-state index contributed by atoms with van der Waals surface area (Å²) < 4.78 is 0. The maximum atomic E-state index is 12.4. The van der Waals surface area contributed by atoms with Crippen LogP contribution in [0.4, 0.5) is 5.13 Å². The number of rotatable bonds is 4. The lowest BCUT2D eigenvalue weighted by Crippen LogP contribution is -2.44. The van der Waals surface area contributed by atoms with E-state index >= 15 is 0 Å². The van der Waals surface area contributed by atoms with E-state index < -0.39 is 0 Å². The Morgan fingerprint density at radius 1 is 1.00 bits per heavy atom. The van der Waals surface area contributed by atoms with Crippen LogP contribution in [-0.4, -0.2) is 45.8 Å². The molecular formula is C21H18ClN5OS. The van der Waals surface area contributed by atoms with E-state index in [1.165, 1.54) is 11.3 Å². The summed E-state index contributed by atoms with van der Waals surface area (Å²) in [5.74, 6) is 0.181. The van der Waals surface area contributed by atoms with Crippen LogP contribution < -0.4 is 5.01 Å². The summed E-state index contributed by atoms with van der Waals surface area (Å²) in [5, 5.41) is 17.7. The Morgan fingerprint density at radius 3 is 2.52 bits per heavy atom. The zero-order chi connectivity index (χ0) is 19.8. The predicted molar refractivity (Wildman–Crippen MR) is 115 cm³/mol. The fraction of sp³-hybridized carbons (Fsp3) is 0.238. The quantitative estimate of drug-likeness (QED) is 0.634. The Morgan fingerprint density at radius 2 is 1.79 bits per heavy atom.